The van der Waals surface area contributed by atoms with Crippen LogP contribution in [-0.2, 0) is 10.2 Å². The van der Waals surface area contributed by atoms with E-state index < -0.39 is 0 Å². The van der Waals surface area contributed by atoms with Crippen LogP contribution in [0.5, 0.6) is 0 Å². The number of benzene rings is 2. The molecule has 3 aromatic rings. The molecule has 1 fully saturated rings. The second-order valence-corrected chi connectivity index (χ2v) is 6.19. The molecular formula is C21H18N2O. The predicted octanol–water partition coefficient (Wildman–Crippen LogP) is 4.03. The summed E-state index contributed by atoms with van der Waals surface area (Å²) >= 11 is 0. The minimum Gasteiger partial charge on any atom is -0.324 e. The molecule has 1 aliphatic rings. The van der Waals surface area contributed by atoms with Crippen LogP contribution in [0.25, 0.3) is 0 Å². The van der Waals surface area contributed by atoms with Crippen LogP contribution in [0, 0.1) is 5.92 Å². The van der Waals surface area contributed by atoms with Crippen LogP contribution in [0.4, 0.5) is 5.69 Å². The second-order valence-electron chi connectivity index (χ2n) is 6.19. The van der Waals surface area contributed by atoms with Crippen molar-refractivity contribution in [2.75, 3.05) is 5.32 Å². The summed E-state index contributed by atoms with van der Waals surface area (Å²) in [5.41, 5.74) is 2.91. The van der Waals surface area contributed by atoms with Crippen molar-refractivity contribution in [2.24, 2.45) is 5.92 Å². The van der Waals surface area contributed by atoms with Crippen molar-refractivity contribution in [3.8, 4) is 0 Å². The van der Waals surface area contributed by atoms with E-state index >= 15 is 0 Å². The Morgan fingerprint density at radius 1 is 0.917 bits per heavy atom. The summed E-state index contributed by atoms with van der Waals surface area (Å²) in [7, 11) is 0. The zero-order chi connectivity index (χ0) is 16.4. The van der Waals surface area contributed by atoms with Crippen molar-refractivity contribution in [3.63, 3.8) is 0 Å². The highest BCUT2D eigenvalue weighted by atomic mass is 16.2. The molecule has 1 aliphatic carbocycles. The molecule has 3 nitrogen and oxygen atoms in total. The lowest BCUT2D eigenvalue weighted by Gasteiger charge is -2.19. The SMILES string of the molecule is O=C(Nc1cccnc1)[C@H]1CC1(c1ccccc1)c1ccccc1. The number of aromatic nitrogens is 1. The largest absolute Gasteiger partial charge is 0.324 e. The minimum atomic E-state index is -0.227. The van der Waals surface area contributed by atoms with Crippen molar-refractivity contribution in [1.82, 2.24) is 4.98 Å². The number of carbonyl (C=O) groups excluding carboxylic acids is 1. The van der Waals surface area contributed by atoms with Gasteiger partial charge in [-0.15, -0.1) is 0 Å². The first-order valence-corrected chi connectivity index (χ1v) is 8.13. The van der Waals surface area contributed by atoms with E-state index in [2.05, 4.69) is 34.6 Å². The molecule has 3 heteroatoms. The quantitative estimate of drug-likeness (QED) is 0.790. The number of anilines is 1. The third kappa shape index (κ3) is 2.48. The van der Waals surface area contributed by atoms with Gasteiger partial charge in [-0.25, -0.2) is 0 Å². The first kappa shape index (κ1) is 14.6. The maximum atomic E-state index is 12.8. The number of pyridine rings is 1. The van der Waals surface area contributed by atoms with Gasteiger partial charge in [0.2, 0.25) is 5.91 Å². The van der Waals surface area contributed by atoms with Crippen molar-refractivity contribution in [1.29, 1.82) is 0 Å². The molecule has 0 saturated heterocycles. The lowest BCUT2D eigenvalue weighted by Crippen LogP contribution is -2.22. The maximum absolute atomic E-state index is 12.8. The molecule has 0 aliphatic heterocycles. The van der Waals surface area contributed by atoms with Crippen LogP contribution >= 0.6 is 0 Å². The number of nitrogens with one attached hydrogen (secondary N) is 1. The number of amides is 1. The molecule has 24 heavy (non-hydrogen) atoms. The molecule has 118 valence electrons. The van der Waals surface area contributed by atoms with E-state index in [0.29, 0.717) is 0 Å². The summed E-state index contributed by atoms with van der Waals surface area (Å²) in [5.74, 6) is -0.0155. The van der Waals surface area contributed by atoms with E-state index in [1.165, 1.54) is 11.1 Å². The van der Waals surface area contributed by atoms with Crippen LogP contribution in [0.2, 0.25) is 0 Å². The molecule has 4 rings (SSSR count). The smallest absolute Gasteiger partial charge is 0.228 e. The Morgan fingerprint density at radius 2 is 1.54 bits per heavy atom. The average Bonchev–Trinajstić information content (AvgIpc) is 3.41. The van der Waals surface area contributed by atoms with E-state index in [1.54, 1.807) is 12.4 Å². The molecule has 2 aromatic carbocycles. The Balaban J connectivity index is 1.66. The number of hydrogen-bond acceptors (Lipinski definition) is 2. The molecule has 1 atom stereocenters. The van der Waals surface area contributed by atoms with Gasteiger partial charge >= 0.3 is 0 Å². The molecule has 0 unspecified atom stereocenters. The van der Waals surface area contributed by atoms with Crippen molar-refractivity contribution < 1.29 is 4.79 Å². The Kier molecular flexibility index (Phi) is 3.62. The fraction of sp³-hybridized carbons (Fsp3) is 0.143. The summed E-state index contributed by atoms with van der Waals surface area (Å²) in [6, 6.07) is 24.3. The highest BCUT2D eigenvalue weighted by molar-refractivity contribution is 5.96. The maximum Gasteiger partial charge on any atom is 0.228 e. The fourth-order valence-corrected chi connectivity index (χ4v) is 3.52. The van der Waals surface area contributed by atoms with Crippen LogP contribution < -0.4 is 5.32 Å². The normalized spacial score (nSPS) is 17.9. The monoisotopic (exact) mass is 314 g/mol. The topological polar surface area (TPSA) is 42.0 Å². The van der Waals surface area contributed by atoms with Gasteiger partial charge in [0.25, 0.3) is 0 Å². The van der Waals surface area contributed by atoms with Crippen LogP contribution in [0.3, 0.4) is 0 Å². The number of rotatable bonds is 4. The van der Waals surface area contributed by atoms with Crippen LogP contribution in [0.15, 0.2) is 85.2 Å². The Hall–Kier alpha value is -2.94. The Labute approximate surface area is 141 Å². The van der Waals surface area contributed by atoms with Gasteiger partial charge in [0.15, 0.2) is 0 Å². The minimum absolute atomic E-state index is 0.0516. The van der Waals surface area contributed by atoms with Gasteiger partial charge in [0.1, 0.15) is 0 Å². The third-order valence-corrected chi connectivity index (χ3v) is 4.78. The number of carbonyl (C=O) groups is 1. The average molecular weight is 314 g/mol. The predicted molar refractivity (Wildman–Crippen MR) is 94.6 cm³/mol. The van der Waals surface area contributed by atoms with E-state index in [-0.39, 0.29) is 17.2 Å². The summed E-state index contributed by atoms with van der Waals surface area (Å²) in [4.78, 5) is 16.9. The highest BCUT2D eigenvalue weighted by Crippen LogP contribution is 2.59. The molecule has 0 bridgehead atoms. The van der Waals surface area contributed by atoms with Crippen molar-refractivity contribution in [3.05, 3.63) is 96.3 Å². The lowest BCUT2D eigenvalue weighted by atomic mass is 9.85. The van der Waals surface area contributed by atoms with Gasteiger partial charge in [-0.2, -0.15) is 0 Å². The van der Waals surface area contributed by atoms with E-state index in [1.807, 2.05) is 48.5 Å². The van der Waals surface area contributed by atoms with Gasteiger partial charge in [0, 0.05) is 11.6 Å². The standard InChI is InChI=1S/C21H18N2O/c24-20(23-18-12-7-13-22-15-18)19-14-21(19,16-8-3-1-4-9-16)17-10-5-2-6-11-17/h1-13,15,19H,14H2,(H,23,24)/t19-/m1/s1. The lowest BCUT2D eigenvalue weighted by molar-refractivity contribution is -0.117. The number of hydrogen-bond donors (Lipinski definition) is 1. The molecular weight excluding hydrogens is 296 g/mol. The molecule has 1 heterocycles. The summed E-state index contributed by atoms with van der Waals surface area (Å²) in [5, 5.41) is 3.00. The number of nitrogens with zero attached hydrogens (tertiary/aromatic N) is 1. The fourth-order valence-electron chi connectivity index (χ4n) is 3.52. The first-order valence-electron chi connectivity index (χ1n) is 8.13. The van der Waals surface area contributed by atoms with Crippen molar-refractivity contribution in [2.45, 2.75) is 11.8 Å². The summed E-state index contributed by atoms with van der Waals surface area (Å²) in [6.07, 6.45) is 4.20. The molecule has 1 aromatic heterocycles. The zero-order valence-corrected chi connectivity index (χ0v) is 13.2. The van der Waals surface area contributed by atoms with Gasteiger partial charge in [-0.1, -0.05) is 60.7 Å². The van der Waals surface area contributed by atoms with Crippen molar-refractivity contribution >= 4 is 11.6 Å². The van der Waals surface area contributed by atoms with E-state index in [9.17, 15) is 4.79 Å². The Morgan fingerprint density at radius 3 is 2.08 bits per heavy atom. The molecule has 0 radical (unpaired) electrons. The highest BCUT2D eigenvalue weighted by Gasteiger charge is 2.60. The second kappa shape index (κ2) is 5.93. The zero-order valence-electron chi connectivity index (χ0n) is 13.2. The van der Waals surface area contributed by atoms with E-state index in [4.69, 9.17) is 0 Å². The molecule has 1 amide bonds. The summed E-state index contributed by atoms with van der Waals surface area (Å²) in [6.45, 7) is 0. The van der Waals surface area contributed by atoms with Crippen LogP contribution in [0.1, 0.15) is 17.5 Å². The van der Waals surface area contributed by atoms with E-state index in [0.717, 1.165) is 12.1 Å². The van der Waals surface area contributed by atoms with Gasteiger partial charge in [0.05, 0.1) is 17.8 Å². The van der Waals surface area contributed by atoms with Gasteiger partial charge < -0.3 is 5.32 Å². The first-order chi connectivity index (χ1) is 11.8. The molecule has 1 N–H and O–H groups in total. The van der Waals surface area contributed by atoms with Gasteiger partial charge in [-0.05, 0) is 29.7 Å². The van der Waals surface area contributed by atoms with Gasteiger partial charge in [-0.3, -0.25) is 9.78 Å². The Bertz CT molecular complexity index is 792. The molecule has 1 saturated carbocycles. The van der Waals surface area contributed by atoms with Crippen LogP contribution in [-0.4, -0.2) is 10.9 Å². The third-order valence-electron chi connectivity index (χ3n) is 4.78. The molecule has 0 spiro atoms. The summed E-state index contributed by atoms with van der Waals surface area (Å²) < 4.78 is 0.